The van der Waals surface area contributed by atoms with Crippen molar-refractivity contribution in [2.24, 2.45) is 17.8 Å². The van der Waals surface area contributed by atoms with Crippen LogP contribution in [0.1, 0.15) is 39.5 Å². The molecule has 0 aromatic heterocycles. The third-order valence-corrected chi connectivity index (χ3v) is 3.02. The van der Waals surface area contributed by atoms with Crippen LogP contribution in [0.3, 0.4) is 0 Å². The zero-order valence-corrected chi connectivity index (χ0v) is 7.71. The minimum absolute atomic E-state index is 0.406. The lowest BCUT2D eigenvalue weighted by Gasteiger charge is -2.30. The molecule has 0 aromatic rings. The fourth-order valence-corrected chi connectivity index (χ4v) is 2.10. The molecule has 11 heavy (non-hydrogen) atoms. The maximum Gasteiger partial charge on any atom is 0.0459 e. The quantitative estimate of drug-likeness (QED) is 0.651. The molecule has 66 valence electrons. The first-order chi connectivity index (χ1) is 5.24. The summed E-state index contributed by atoms with van der Waals surface area (Å²) in [7, 11) is 0. The van der Waals surface area contributed by atoms with E-state index in [9.17, 15) is 0 Å². The normalized spacial score (nSPS) is 32.7. The lowest BCUT2D eigenvalue weighted by atomic mass is 9.76. The summed E-state index contributed by atoms with van der Waals surface area (Å²) in [5.74, 6) is 2.29. The topological polar surface area (TPSA) is 20.2 Å². The predicted molar refractivity (Wildman–Crippen MR) is 47.4 cm³/mol. The number of hydrogen-bond donors (Lipinski definition) is 1. The minimum Gasteiger partial charge on any atom is -0.396 e. The molecule has 1 N–H and O–H groups in total. The van der Waals surface area contributed by atoms with Gasteiger partial charge in [0.15, 0.2) is 0 Å². The van der Waals surface area contributed by atoms with Gasteiger partial charge in [0.05, 0.1) is 0 Å². The van der Waals surface area contributed by atoms with Gasteiger partial charge in [-0.2, -0.15) is 0 Å². The number of aliphatic hydroxyl groups excluding tert-OH is 1. The van der Waals surface area contributed by atoms with Crippen molar-refractivity contribution in [3.05, 3.63) is 0 Å². The Morgan fingerprint density at radius 3 is 2.64 bits per heavy atom. The summed E-state index contributed by atoms with van der Waals surface area (Å²) in [5, 5.41) is 8.99. The Morgan fingerprint density at radius 2 is 2.09 bits per heavy atom. The van der Waals surface area contributed by atoms with E-state index in [-0.39, 0.29) is 0 Å². The zero-order chi connectivity index (χ0) is 8.27. The highest BCUT2D eigenvalue weighted by Gasteiger charge is 2.23. The maximum atomic E-state index is 8.99. The average molecular weight is 156 g/mol. The predicted octanol–water partition coefficient (Wildman–Crippen LogP) is 2.44. The lowest BCUT2D eigenvalue weighted by molar-refractivity contribution is 0.141. The maximum absolute atomic E-state index is 8.99. The summed E-state index contributed by atoms with van der Waals surface area (Å²) in [4.78, 5) is 0. The Labute approximate surface area is 69.8 Å². The molecule has 0 amide bonds. The Balaban J connectivity index is 2.33. The second-order valence-electron chi connectivity index (χ2n) is 4.22. The molecule has 1 saturated carbocycles. The summed E-state index contributed by atoms with van der Waals surface area (Å²) in [5.41, 5.74) is 0. The van der Waals surface area contributed by atoms with E-state index < -0.39 is 0 Å². The van der Waals surface area contributed by atoms with Gasteiger partial charge < -0.3 is 5.11 Å². The monoisotopic (exact) mass is 156 g/mol. The largest absolute Gasteiger partial charge is 0.396 e. The van der Waals surface area contributed by atoms with Crippen molar-refractivity contribution in [3.8, 4) is 0 Å². The highest BCUT2D eigenvalue weighted by molar-refractivity contribution is 4.74. The van der Waals surface area contributed by atoms with E-state index in [1.807, 2.05) is 0 Å². The van der Waals surface area contributed by atoms with Gasteiger partial charge in [-0.15, -0.1) is 0 Å². The molecule has 0 heterocycles. The first-order valence-electron chi connectivity index (χ1n) is 4.85. The third-order valence-electron chi connectivity index (χ3n) is 3.02. The molecule has 2 atom stereocenters. The van der Waals surface area contributed by atoms with Gasteiger partial charge in [0.25, 0.3) is 0 Å². The Hall–Kier alpha value is -0.0400. The van der Waals surface area contributed by atoms with Crippen molar-refractivity contribution in [3.63, 3.8) is 0 Å². The Bertz CT molecular complexity index is 109. The van der Waals surface area contributed by atoms with Crippen molar-refractivity contribution >= 4 is 0 Å². The van der Waals surface area contributed by atoms with Crippen LogP contribution in [-0.2, 0) is 0 Å². The van der Waals surface area contributed by atoms with E-state index in [1.165, 1.54) is 25.7 Å². The molecule has 1 rings (SSSR count). The Morgan fingerprint density at radius 1 is 1.36 bits per heavy atom. The van der Waals surface area contributed by atoms with Gasteiger partial charge in [-0.25, -0.2) is 0 Å². The smallest absolute Gasteiger partial charge is 0.0459 e. The van der Waals surface area contributed by atoms with Crippen LogP contribution >= 0.6 is 0 Å². The third kappa shape index (κ3) is 2.48. The van der Waals surface area contributed by atoms with Crippen LogP contribution < -0.4 is 0 Å². The van der Waals surface area contributed by atoms with E-state index in [0.717, 1.165) is 11.8 Å². The van der Waals surface area contributed by atoms with Crippen LogP contribution in [0.15, 0.2) is 0 Å². The number of aliphatic hydroxyl groups is 1. The molecule has 0 aliphatic heterocycles. The van der Waals surface area contributed by atoms with Crippen molar-refractivity contribution < 1.29 is 5.11 Å². The summed E-state index contributed by atoms with van der Waals surface area (Å²) in [6, 6.07) is 0. The van der Waals surface area contributed by atoms with Crippen LogP contribution in [0.2, 0.25) is 0 Å². The first kappa shape index (κ1) is 9.05. The van der Waals surface area contributed by atoms with E-state index in [4.69, 9.17) is 5.11 Å². The van der Waals surface area contributed by atoms with Crippen LogP contribution in [0.25, 0.3) is 0 Å². The highest BCUT2D eigenvalue weighted by atomic mass is 16.3. The van der Waals surface area contributed by atoms with Crippen molar-refractivity contribution in [1.29, 1.82) is 0 Å². The molecule has 1 aliphatic rings. The molecule has 1 nitrogen and oxygen atoms in total. The molecule has 0 radical (unpaired) electrons. The highest BCUT2D eigenvalue weighted by Crippen LogP contribution is 2.33. The summed E-state index contributed by atoms with van der Waals surface area (Å²) in [6.45, 7) is 5.00. The summed E-state index contributed by atoms with van der Waals surface area (Å²) in [6.07, 6.45) is 5.22. The molecule has 0 aromatic carbocycles. The van der Waals surface area contributed by atoms with Crippen LogP contribution in [0.4, 0.5) is 0 Å². The van der Waals surface area contributed by atoms with Crippen LogP contribution in [-0.4, -0.2) is 11.7 Å². The van der Waals surface area contributed by atoms with E-state index in [2.05, 4.69) is 13.8 Å². The van der Waals surface area contributed by atoms with Gasteiger partial charge >= 0.3 is 0 Å². The fourth-order valence-electron chi connectivity index (χ4n) is 2.10. The molecule has 0 spiro atoms. The SMILES string of the molecule is CC(C)[C@@H]1CCCC(CO)C1. The van der Waals surface area contributed by atoms with Crippen molar-refractivity contribution in [2.75, 3.05) is 6.61 Å². The van der Waals surface area contributed by atoms with Gasteiger partial charge in [0, 0.05) is 6.61 Å². The second kappa shape index (κ2) is 4.10. The standard InChI is InChI=1S/C10H20O/c1-8(2)10-5-3-4-9(6-10)7-11/h8-11H,3-7H2,1-2H3/t9?,10-/m1/s1. The number of rotatable bonds is 2. The van der Waals surface area contributed by atoms with Crippen LogP contribution in [0, 0.1) is 17.8 Å². The van der Waals surface area contributed by atoms with Gasteiger partial charge in [-0.1, -0.05) is 26.7 Å². The molecule has 0 bridgehead atoms. The summed E-state index contributed by atoms with van der Waals surface area (Å²) < 4.78 is 0. The van der Waals surface area contributed by atoms with Crippen LogP contribution in [0.5, 0.6) is 0 Å². The number of hydrogen-bond acceptors (Lipinski definition) is 1. The van der Waals surface area contributed by atoms with Crippen molar-refractivity contribution in [2.45, 2.75) is 39.5 Å². The second-order valence-corrected chi connectivity index (χ2v) is 4.22. The molecular weight excluding hydrogens is 136 g/mol. The zero-order valence-electron chi connectivity index (χ0n) is 7.71. The van der Waals surface area contributed by atoms with Crippen molar-refractivity contribution in [1.82, 2.24) is 0 Å². The summed E-state index contributed by atoms with van der Waals surface area (Å²) >= 11 is 0. The lowest BCUT2D eigenvalue weighted by Crippen LogP contribution is -2.21. The van der Waals surface area contributed by atoms with Gasteiger partial charge in [0.1, 0.15) is 0 Å². The van der Waals surface area contributed by atoms with E-state index >= 15 is 0 Å². The minimum atomic E-state index is 0.406. The van der Waals surface area contributed by atoms with Gasteiger partial charge in [-0.3, -0.25) is 0 Å². The molecule has 1 fully saturated rings. The molecule has 0 saturated heterocycles. The van der Waals surface area contributed by atoms with E-state index in [0.29, 0.717) is 12.5 Å². The first-order valence-corrected chi connectivity index (χ1v) is 4.85. The molecular formula is C10H20O. The molecule has 1 aliphatic carbocycles. The molecule has 1 heteroatoms. The average Bonchev–Trinajstić information content (AvgIpc) is 2.05. The van der Waals surface area contributed by atoms with Gasteiger partial charge in [-0.05, 0) is 30.6 Å². The molecule has 1 unspecified atom stereocenters. The van der Waals surface area contributed by atoms with Gasteiger partial charge in [0.2, 0.25) is 0 Å². The van der Waals surface area contributed by atoms with E-state index in [1.54, 1.807) is 0 Å². The fraction of sp³-hybridized carbons (Fsp3) is 1.00. The Kier molecular flexibility index (Phi) is 3.38.